The molecule has 0 aliphatic carbocycles. The van der Waals surface area contributed by atoms with Crippen molar-refractivity contribution in [3.63, 3.8) is 0 Å². The molecule has 6 heteroatoms. The number of hydrogen-bond donors (Lipinski definition) is 1. The second-order valence-electron chi connectivity index (χ2n) is 7.26. The van der Waals surface area contributed by atoms with Crippen LogP contribution < -0.4 is 9.80 Å². The van der Waals surface area contributed by atoms with Gasteiger partial charge >= 0.3 is 0 Å². The van der Waals surface area contributed by atoms with Gasteiger partial charge in [-0.05, 0) is 43.2 Å². The Bertz CT molecular complexity index is 935. The van der Waals surface area contributed by atoms with Gasteiger partial charge in [0.25, 0.3) is 0 Å². The van der Waals surface area contributed by atoms with Gasteiger partial charge in [0.15, 0.2) is 5.13 Å². The van der Waals surface area contributed by atoms with Gasteiger partial charge in [0, 0.05) is 4.90 Å². The van der Waals surface area contributed by atoms with Crippen molar-refractivity contribution >= 4 is 44.4 Å². The second kappa shape index (κ2) is 9.54. The summed E-state index contributed by atoms with van der Waals surface area (Å²) in [5, 5.41) is 0.805. The van der Waals surface area contributed by atoms with Crippen LogP contribution >= 0.6 is 23.1 Å². The van der Waals surface area contributed by atoms with E-state index >= 15 is 0 Å². The van der Waals surface area contributed by atoms with Crippen molar-refractivity contribution in [1.29, 1.82) is 0 Å². The highest BCUT2D eigenvalue weighted by atomic mass is 32.2. The van der Waals surface area contributed by atoms with Crippen molar-refractivity contribution in [2.75, 3.05) is 37.8 Å². The van der Waals surface area contributed by atoms with Crippen LogP contribution in [-0.4, -0.2) is 43.8 Å². The predicted molar refractivity (Wildman–Crippen MR) is 121 cm³/mol. The summed E-state index contributed by atoms with van der Waals surface area (Å²) in [6, 6.07) is 14.7. The van der Waals surface area contributed by atoms with Gasteiger partial charge in [-0.1, -0.05) is 42.0 Å². The van der Waals surface area contributed by atoms with E-state index in [1.165, 1.54) is 16.0 Å². The molecule has 0 atom stereocenters. The first kappa shape index (κ1) is 20.8. The van der Waals surface area contributed by atoms with Gasteiger partial charge in [-0.25, -0.2) is 4.98 Å². The number of thiazole rings is 1. The lowest BCUT2D eigenvalue weighted by Gasteiger charge is -2.20. The Morgan fingerprint density at radius 3 is 2.61 bits per heavy atom. The second-order valence-corrected chi connectivity index (χ2v) is 9.31. The molecule has 1 amide bonds. The van der Waals surface area contributed by atoms with E-state index < -0.39 is 0 Å². The monoisotopic (exact) mass is 414 g/mol. The van der Waals surface area contributed by atoms with E-state index in [-0.39, 0.29) is 5.91 Å². The molecule has 0 saturated carbocycles. The van der Waals surface area contributed by atoms with Crippen LogP contribution in [0.1, 0.15) is 18.1 Å². The fourth-order valence-electron chi connectivity index (χ4n) is 2.81. The third-order valence-corrected chi connectivity index (χ3v) is 6.64. The molecule has 1 aromatic heterocycles. The molecule has 0 bridgehead atoms. The van der Waals surface area contributed by atoms with E-state index in [4.69, 9.17) is 4.98 Å². The summed E-state index contributed by atoms with van der Waals surface area (Å²) in [6.45, 7) is 5.79. The van der Waals surface area contributed by atoms with Crippen LogP contribution in [0.15, 0.2) is 47.4 Å². The molecule has 28 heavy (non-hydrogen) atoms. The normalized spacial score (nSPS) is 11.3. The van der Waals surface area contributed by atoms with Crippen molar-refractivity contribution in [3.8, 4) is 0 Å². The highest BCUT2D eigenvalue weighted by Crippen LogP contribution is 2.30. The van der Waals surface area contributed by atoms with Crippen molar-refractivity contribution in [2.45, 2.75) is 25.2 Å². The van der Waals surface area contributed by atoms with Crippen LogP contribution in [-0.2, 0) is 11.2 Å². The summed E-state index contributed by atoms with van der Waals surface area (Å²) in [4.78, 5) is 22.1. The summed E-state index contributed by atoms with van der Waals surface area (Å²) in [5.74, 6) is 0.531. The highest BCUT2D eigenvalue weighted by Gasteiger charge is 2.21. The van der Waals surface area contributed by atoms with E-state index in [0.29, 0.717) is 12.3 Å². The van der Waals surface area contributed by atoms with Gasteiger partial charge in [-0.15, -0.1) is 11.8 Å². The lowest BCUT2D eigenvalue weighted by Crippen LogP contribution is -3.06. The molecule has 3 rings (SSSR count). The van der Waals surface area contributed by atoms with Crippen LogP contribution in [0.4, 0.5) is 5.13 Å². The number of nitrogens with zero attached hydrogens (tertiary/aromatic N) is 2. The SMILES string of the molecule is CCc1ccc2nc(N(CC[NH+](C)C)C(=O)CSc3ccc(C)cc3)sc2c1. The number of nitrogens with one attached hydrogen (secondary N) is 1. The molecule has 1 heterocycles. The van der Waals surface area contributed by atoms with Gasteiger partial charge in [0.2, 0.25) is 5.91 Å². The van der Waals surface area contributed by atoms with Gasteiger partial charge in [0.05, 0.1) is 43.2 Å². The first-order valence-corrected chi connectivity index (χ1v) is 11.4. The van der Waals surface area contributed by atoms with Gasteiger partial charge in [-0.2, -0.15) is 0 Å². The zero-order valence-electron chi connectivity index (χ0n) is 17.0. The maximum Gasteiger partial charge on any atom is 0.239 e. The molecule has 3 aromatic rings. The fraction of sp³-hybridized carbons (Fsp3) is 0.364. The number of quaternary nitrogens is 1. The van der Waals surface area contributed by atoms with Crippen molar-refractivity contribution < 1.29 is 9.69 Å². The van der Waals surface area contributed by atoms with E-state index in [0.717, 1.165) is 33.2 Å². The Kier molecular flexibility index (Phi) is 7.10. The number of carbonyl (C=O) groups excluding carboxylic acids is 1. The molecule has 0 saturated heterocycles. The van der Waals surface area contributed by atoms with Crippen LogP contribution in [0.25, 0.3) is 10.2 Å². The van der Waals surface area contributed by atoms with Gasteiger partial charge in [-0.3, -0.25) is 9.69 Å². The molecule has 0 spiro atoms. The first-order valence-electron chi connectivity index (χ1n) is 9.64. The number of amides is 1. The molecule has 0 aliphatic heterocycles. The summed E-state index contributed by atoms with van der Waals surface area (Å²) in [6.07, 6.45) is 1.00. The molecule has 0 fully saturated rings. The average Bonchev–Trinajstić information content (AvgIpc) is 3.10. The number of carbonyl (C=O) groups is 1. The molecular weight excluding hydrogens is 386 g/mol. The van der Waals surface area contributed by atoms with E-state index in [2.05, 4.69) is 70.4 Å². The molecule has 0 unspecified atom stereocenters. The van der Waals surface area contributed by atoms with Gasteiger partial charge in [0.1, 0.15) is 0 Å². The zero-order valence-corrected chi connectivity index (χ0v) is 18.6. The number of benzene rings is 2. The minimum atomic E-state index is 0.113. The maximum absolute atomic E-state index is 13.1. The smallest absolute Gasteiger partial charge is 0.239 e. The van der Waals surface area contributed by atoms with Crippen molar-refractivity contribution in [1.82, 2.24) is 4.98 Å². The molecule has 2 aromatic carbocycles. The number of aromatic nitrogens is 1. The fourth-order valence-corrected chi connectivity index (χ4v) is 4.66. The highest BCUT2D eigenvalue weighted by molar-refractivity contribution is 8.00. The number of hydrogen-bond acceptors (Lipinski definition) is 4. The van der Waals surface area contributed by atoms with Crippen LogP contribution in [0, 0.1) is 6.92 Å². The van der Waals surface area contributed by atoms with E-state index in [1.807, 2.05) is 4.90 Å². The number of anilines is 1. The number of aryl methyl sites for hydroxylation is 2. The topological polar surface area (TPSA) is 37.6 Å². The minimum Gasteiger partial charge on any atom is -0.338 e. The summed E-state index contributed by atoms with van der Waals surface area (Å²) in [5.41, 5.74) is 3.50. The Labute approximate surface area is 175 Å². The third-order valence-electron chi connectivity index (χ3n) is 4.60. The van der Waals surface area contributed by atoms with Crippen LogP contribution in [0.2, 0.25) is 0 Å². The molecular formula is C22H28N3OS2+. The van der Waals surface area contributed by atoms with Gasteiger partial charge < -0.3 is 4.90 Å². The summed E-state index contributed by atoms with van der Waals surface area (Å²) in [7, 11) is 4.21. The molecule has 0 aliphatic rings. The standard InChI is InChI=1S/C22H27N3OS2/c1-5-17-8-11-19-20(14-17)28-22(23-19)25(13-12-24(3)4)21(26)15-27-18-9-6-16(2)7-10-18/h6-11,14H,5,12-13,15H2,1-4H3/p+1. The lowest BCUT2D eigenvalue weighted by atomic mass is 10.2. The quantitative estimate of drug-likeness (QED) is 0.574. The zero-order chi connectivity index (χ0) is 20.1. The Morgan fingerprint density at radius 1 is 1.18 bits per heavy atom. The molecule has 0 radical (unpaired) electrons. The van der Waals surface area contributed by atoms with E-state index in [1.54, 1.807) is 23.1 Å². The number of rotatable bonds is 8. The average molecular weight is 415 g/mol. The molecule has 148 valence electrons. The van der Waals surface area contributed by atoms with Crippen molar-refractivity contribution in [2.24, 2.45) is 0 Å². The Balaban J connectivity index is 1.79. The summed E-state index contributed by atoms with van der Waals surface area (Å²) >= 11 is 3.20. The minimum absolute atomic E-state index is 0.113. The number of likely N-dealkylation sites (N-methyl/N-ethyl adjacent to an activating group) is 1. The largest absolute Gasteiger partial charge is 0.338 e. The number of fused-ring (bicyclic) bond motifs is 1. The van der Waals surface area contributed by atoms with Crippen LogP contribution in [0.5, 0.6) is 0 Å². The first-order chi connectivity index (χ1) is 13.5. The Hall–Kier alpha value is -1.89. The third kappa shape index (κ3) is 5.34. The lowest BCUT2D eigenvalue weighted by molar-refractivity contribution is -0.856. The van der Waals surface area contributed by atoms with Crippen LogP contribution in [0.3, 0.4) is 0 Å². The molecule has 4 nitrogen and oxygen atoms in total. The van der Waals surface area contributed by atoms with Crippen molar-refractivity contribution in [3.05, 3.63) is 53.6 Å². The maximum atomic E-state index is 13.1. The Morgan fingerprint density at radius 2 is 1.93 bits per heavy atom. The number of thioether (sulfide) groups is 1. The molecule has 1 N–H and O–H groups in total. The summed E-state index contributed by atoms with van der Waals surface area (Å²) < 4.78 is 1.15. The predicted octanol–water partition coefficient (Wildman–Crippen LogP) is 3.44. The van der Waals surface area contributed by atoms with E-state index in [9.17, 15) is 4.79 Å².